The van der Waals surface area contributed by atoms with E-state index < -0.39 is 5.60 Å². The second-order valence-corrected chi connectivity index (χ2v) is 7.63. The molecule has 3 N–H and O–H groups in total. The Morgan fingerprint density at radius 2 is 1.70 bits per heavy atom. The number of rotatable bonds is 5. The first-order valence-electron chi connectivity index (χ1n) is 9.46. The number of anilines is 1. The first-order chi connectivity index (χ1) is 12.8. The van der Waals surface area contributed by atoms with E-state index in [1.807, 2.05) is 6.92 Å². The van der Waals surface area contributed by atoms with Crippen LogP contribution in [0.25, 0.3) is 0 Å². The molecule has 2 aromatic carbocycles. The van der Waals surface area contributed by atoms with Gasteiger partial charge in [-0.25, -0.2) is 0 Å². The number of carbonyl (C=O) groups excluding carboxylic acids is 1. The highest BCUT2D eigenvalue weighted by molar-refractivity contribution is 5.94. The van der Waals surface area contributed by atoms with Gasteiger partial charge in [-0.3, -0.25) is 9.69 Å². The quantitative estimate of drug-likeness (QED) is 0.709. The molecule has 1 heterocycles. The number of phenols is 1. The summed E-state index contributed by atoms with van der Waals surface area (Å²) in [5.41, 5.74) is 2.32. The van der Waals surface area contributed by atoms with Crippen LogP contribution in [0.5, 0.6) is 5.75 Å². The van der Waals surface area contributed by atoms with Gasteiger partial charge < -0.3 is 15.5 Å². The third-order valence-electron chi connectivity index (χ3n) is 5.44. The summed E-state index contributed by atoms with van der Waals surface area (Å²) in [5.74, 6) is 0.0922. The van der Waals surface area contributed by atoms with E-state index in [0.29, 0.717) is 38.0 Å². The van der Waals surface area contributed by atoms with Crippen molar-refractivity contribution in [1.29, 1.82) is 0 Å². The van der Waals surface area contributed by atoms with Crippen molar-refractivity contribution in [3.8, 4) is 5.75 Å². The van der Waals surface area contributed by atoms with Crippen LogP contribution in [-0.4, -0.2) is 45.8 Å². The second kappa shape index (κ2) is 8.11. The molecular weight excluding hydrogens is 340 g/mol. The summed E-state index contributed by atoms with van der Waals surface area (Å²) in [6, 6.07) is 14.5. The maximum absolute atomic E-state index is 12.5. The molecule has 1 aliphatic heterocycles. The van der Waals surface area contributed by atoms with E-state index in [1.54, 1.807) is 24.3 Å². The fourth-order valence-corrected chi connectivity index (χ4v) is 3.55. The third kappa shape index (κ3) is 5.08. The van der Waals surface area contributed by atoms with Crippen molar-refractivity contribution in [2.75, 3.05) is 18.4 Å². The number of amides is 1. The van der Waals surface area contributed by atoms with Crippen LogP contribution in [0, 0.1) is 6.92 Å². The Morgan fingerprint density at radius 3 is 2.30 bits per heavy atom. The number of phenolic OH excluding ortho intramolecular Hbond substituents is 1. The highest BCUT2D eigenvalue weighted by Crippen LogP contribution is 2.28. The average Bonchev–Trinajstić information content (AvgIpc) is 2.65. The number of benzene rings is 2. The number of aliphatic hydroxyl groups is 1. The molecule has 2 aromatic rings. The number of likely N-dealkylation sites (tertiary alicyclic amines) is 1. The summed E-state index contributed by atoms with van der Waals surface area (Å²) in [4.78, 5) is 14.6. The summed E-state index contributed by atoms with van der Waals surface area (Å²) in [5, 5.41) is 23.1. The highest BCUT2D eigenvalue weighted by atomic mass is 16.3. The summed E-state index contributed by atoms with van der Waals surface area (Å²) in [7, 11) is 0. The van der Waals surface area contributed by atoms with Crippen LogP contribution in [0.15, 0.2) is 48.5 Å². The average molecular weight is 368 g/mol. The number of hydrogen-bond donors (Lipinski definition) is 3. The maximum Gasteiger partial charge on any atom is 0.241 e. The van der Waals surface area contributed by atoms with E-state index in [4.69, 9.17) is 0 Å². The van der Waals surface area contributed by atoms with Gasteiger partial charge in [-0.15, -0.1) is 0 Å². The smallest absolute Gasteiger partial charge is 0.241 e. The van der Waals surface area contributed by atoms with Crippen LogP contribution in [0.2, 0.25) is 0 Å². The van der Waals surface area contributed by atoms with Crippen LogP contribution >= 0.6 is 0 Å². The molecule has 0 bridgehead atoms. The Kier molecular flexibility index (Phi) is 5.82. The van der Waals surface area contributed by atoms with E-state index in [1.165, 1.54) is 5.56 Å². The molecule has 1 saturated heterocycles. The molecule has 27 heavy (non-hydrogen) atoms. The van der Waals surface area contributed by atoms with Gasteiger partial charge in [0.1, 0.15) is 5.75 Å². The minimum Gasteiger partial charge on any atom is -0.508 e. The second-order valence-electron chi connectivity index (χ2n) is 7.63. The Hall–Kier alpha value is -2.37. The fourth-order valence-electron chi connectivity index (χ4n) is 3.55. The monoisotopic (exact) mass is 368 g/mol. The molecule has 1 fully saturated rings. The molecule has 144 valence electrons. The van der Waals surface area contributed by atoms with Crippen molar-refractivity contribution >= 4 is 11.6 Å². The first kappa shape index (κ1) is 19.4. The molecule has 1 atom stereocenters. The number of nitrogens with one attached hydrogen (secondary N) is 1. The fraction of sp³-hybridized carbons (Fsp3) is 0.409. The van der Waals surface area contributed by atoms with Crippen LogP contribution in [-0.2, 0) is 11.2 Å². The van der Waals surface area contributed by atoms with Gasteiger partial charge >= 0.3 is 0 Å². The lowest BCUT2D eigenvalue weighted by Gasteiger charge is -2.40. The van der Waals surface area contributed by atoms with Gasteiger partial charge in [0.05, 0.1) is 11.6 Å². The number of carbonyl (C=O) groups is 1. The molecule has 0 aromatic heterocycles. The Morgan fingerprint density at radius 1 is 1.11 bits per heavy atom. The molecule has 1 amide bonds. The van der Waals surface area contributed by atoms with Gasteiger partial charge in [-0.1, -0.05) is 29.8 Å². The van der Waals surface area contributed by atoms with Gasteiger partial charge in [0.2, 0.25) is 5.91 Å². The molecule has 0 radical (unpaired) electrons. The molecule has 0 spiro atoms. The SMILES string of the molecule is Cc1ccc(CC2(O)CCN(C(C)C(=O)Nc3ccc(O)cc3)CC2)cc1. The summed E-state index contributed by atoms with van der Waals surface area (Å²) < 4.78 is 0. The Balaban J connectivity index is 1.53. The molecule has 3 rings (SSSR count). The van der Waals surface area contributed by atoms with E-state index in [9.17, 15) is 15.0 Å². The lowest BCUT2D eigenvalue weighted by molar-refractivity contribution is -0.122. The van der Waals surface area contributed by atoms with Crippen molar-refractivity contribution in [3.63, 3.8) is 0 Å². The number of piperidine rings is 1. The highest BCUT2D eigenvalue weighted by Gasteiger charge is 2.35. The van der Waals surface area contributed by atoms with Gasteiger partial charge in [-0.2, -0.15) is 0 Å². The first-order valence-corrected chi connectivity index (χ1v) is 9.46. The van der Waals surface area contributed by atoms with E-state index in [0.717, 1.165) is 5.56 Å². The van der Waals surface area contributed by atoms with Gasteiger partial charge in [0, 0.05) is 25.2 Å². The summed E-state index contributed by atoms with van der Waals surface area (Å²) >= 11 is 0. The lowest BCUT2D eigenvalue weighted by atomic mass is 9.85. The normalized spacial score (nSPS) is 18.0. The van der Waals surface area contributed by atoms with Crippen molar-refractivity contribution in [2.45, 2.75) is 44.8 Å². The van der Waals surface area contributed by atoms with Crippen molar-refractivity contribution in [1.82, 2.24) is 4.90 Å². The molecule has 0 saturated carbocycles. The minimum absolute atomic E-state index is 0.0790. The van der Waals surface area contributed by atoms with Crippen LogP contribution in [0.4, 0.5) is 5.69 Å². The number of aryl methyl sites for hydroxylation is 1. The topological polar surface area (TPSA) is 72.8 Å². The molecule has 5 nitrogen and oxygen atoms in total. The van der Waals surface area contributed by atoms with Gasteiger partial charge in [0.25, 0.3) is 0 Å². The number of aromatic hydroxyl groups is 1. The summed E-state index contributed by atoms with van der Waals surface area (Å²) in [6.07, 6.45) is 1.95. The standard InChI is InChI=1S/C22H28N2O3/c1-16-3-5-18(6-4-16)15-22(27)11-13-24(14-12-22)17(2)21(26)23-19-7-9-20(25)10-8-19/h3-10,17,25,27H,11-15H2,1-2H3,(H,23,26). The minimum atomic E-state index is -0.709. The van der Waals surface area contributed by atoms with Crippen LogP contribution in [0.1, 0.15) is 30.9 Å². The largest absolute Gasteiger partial charge is 0.508 e. The zero-order valence-electron chi connectivity index (χ0n) is 16.0. The predicted molar refractivity (Wildman–Crippen MR) is 107 cm³/mol. The lowest BCUT2D eigenvalue weighted by Crippen LogP contribution is -2.51. The van der Waals surface area contributed by atoms with Crippen molar-refractivity contribution in [3.05, 3.63) is 59.7 Å². The summed E-state index contributed by atoms with van der Waals surface area (Å²) in [6.45, 7) is 5.32. The zero-order chi connectivity index (χ0) is 19.4. The van der Waals surface area contributed by atoms with Gasteiger partial charge in [-0.05, 0) is 56.5 Å². The van der Waals surface area contributed by atoms with E-state index in [2.05, 4.69) is 41.4 Å². The Labute approximate surface area is 160 Å². The molecule has 0 aliphatic carbocycles. The molecular formula is C22H28N2O3. The Bertz CT molecular complexity index is 763. The number of hydrogen-bond acceptors (Lipinski definition) is 4. The van der Waals surface area contributed by atoms with Crippen molar-refractivity contribution in [2.24, 2.45) is 0 Å². The van der Waals surface area contributed by atoms with E-state index in [-0.39, 0.29) is 17.7 Å². The van der Waals surface area contributed by atoms with Crippen LogP contribution < -0.4 is 5.32 Å². The zero-order valence-corrected chi connectivity index (χ0v) is 16.0. The molecule has 1 aliphatic rings. The molecule has 5 heteroatoms. The van der Waals surface area contributed by atoms with Gasteiger partial charge in [0.15, 0.2) is 0 Å². The van der Waals surface area contributed by atoms with Crippen LogP contribution in [0.3, 0.4) is 0 Å². The number of nitrogens with zero attached hydrogens (tertiary/aromatic N) is 1. The molecule has 1 unspecified atom stereocenters. The third-order valence-corrected chi connectivity index (χ3v) is 5.44. The van der Waals surface area contributed by atoms with E-state index >= 15 is 0 Å². The maximum atomic E-state index is 12.5. The predicted octanol–water partition coefficient (Wildman–Crippen LogP) is 3.10. The van der Waals surface area contributed by atoms with Crippen molar-refractivity contribution < 1.29 is 15.0 Å².